The molecule has 4 aromatic rings. The third-order valence-corrected chi connectivity index (χ3v) is 7.33. The number of nitrogens with zero attached hydrogens (tertiary/aromatic N) is 3. The zero-order valence-corrected chi connectivity index (χ0v) is 20.9. The number of hydrogen-bond acceptors (Lipinski definition) is 5. The van der Waals surface area contributed by atoms with Gasteiger partial charge in [-0.15, -0.1) is 10.2 Å². The smallest absolute Gasteiger partial charge is 0.234 e. The van der Waals surface area contributed by atoms with Gasteiger partial charge in [-0.2, -0.15) is 0 Å². The zero-order valence-electron chi connectivity index (χ0n) is 17.8. The van der Waals surface area contributed by atoms with Crippen molar-refractivity contribution in [1.29, 1.82) is 0 Å². The molecule has 0 bridgehead atoms. The minimum absolute atomic E-state index is 0.0802. The van der Waals surface area contributed by atoms with Gasteiger partial charge in [0.05, 0.1) is 17.3 Å². The molecule has 34 heavy (non-hydrogen) atoms. The van der Waals surface area contributed by atoms with Crippen molar-refractivity contribution in [3.8, 4) is 5.69 Å². The predicted octanol–water partition coefficient (Wildman–Crippen LogP) is 5.96. The second kappa shape index (κ2) is 11.2. The summed E-state index contributed by atoms with van der Waals surface area (Å²) in [4.78, 5) is 0. The molecule has 0 atom stereocenters. The highest BCUT2D eigenvalue weighted by Gasteiger charge is 2.19. The first kappa shape index (κ1) is 24.5. The number of hydrogen-bond donors (Lipinski definition) is 1. The van der Waals surface area contributed by atoms with Gasteiger partial charge in [-0.1, -0.05) is 95.6 Å². The molecule has 0 amide bonds. The van der Waals surface area contributed by atoms with Crippen LogP contribution in [0.3, 0.4) is 0 Å². The normalized spacial score (nSPS) is 11.8. The molecule has 0 radical (unpaired) electrons. The van der Waals surface area contributed by atoms with E-state index in [1.807, 2.05) is 60.7 Å². The molecule has 1 N–H and O–H groups in total. The number of rotatable bonds is 9. The van der Waals surface area contributed by atoms with E-state index in [4.69, 9.17) is 23.2 Å². The maximum atomic E-state index is 12.6. The van der Waals surface area contributed by atoms with E-state index in [1.54, 1.807) is 22.8 Å². The zero-order chi connectivity index (χ0) is 24.0. The molecule has 0 aliphatic carbocycles. The van der Waals surface area contributed by atoms with Crippen LogP contribution in [-0.2, 0) is 22.3 Å². The Morgan fingerprint density at radius 2 is 1.65 bits per heavy atom. The molecule has 0 aliphatic heterocycles. The predicted molar refractivity (Wildman–Crippen MR) is 139 cm³/mol. The van der Waals surface area contributed by atoms with Crippen LogP contribution in [0.2, 0.25) is 10.0 Å². The van der Waals surface area contributed by atoms with Gasteiger partial charge < -0.3 is 0 Å². The Balaban J connectivity index is 1.59. The Kier molecular flexibility index (Phi) is 8.07. The first-order valence-corrected chi connectivity index (χ1v) is 13.5. The van der Waals surface area contributed by atoms with Crippen molar-refractivity contribution in [3.05, 3.63) is 111 Å². The summed E-state index contributed by atoms with van der Waals surface area (Å²) in [5, 5.41) is 11.2. The van der Waals surface area contributed by atoms with E-state index in [0.717, 1.165) is 16.5 Å². The topological polar surface area (TPSA) is 76.9 Å². The molecule has 3 aromatic carbocycles. The van der Waals surface area contributed by atoms with Gasteiger partial charge in [0.2, 0.25) is 10.0 Å². The Morgan fingerprint density at radius 3 is 2.38 bits per heavy atom. The lowest BCUT2D eigenvalue weighted by molar-refractivity contribution is 0.587. The summed E-state index contributed by atoms with van der Waals surface area (Å²) >= 11 is 14.2. The molecule has 4 rings (SSSR count). The highest BCUT2D eigenvalue weighted by Crippen LogP contribution is 2.31. The van der Waals surface area contributed by atoms with E-state index >= 15 is 0 Å². The molecule has 1 aromatic heterocycles. The molecule has 0 saturated heterocycles. The standard InChI is InChI=1S/C24H20Cl2N4O2S2/c25-20-11-12-21(26)22(15-20)30-23(28-29-24(30)33-17-19-9-5-2-6-10-19)16-27-34(31,32)14-13-18-7-3-1-4-8-18/h1-15,27H,16-17H2/b14-13+. The van der Waals surface area contributed by atoms with E-state index in [2.05, 4.69) is 14.9 Å². The fraction of sp³-hybridized carbons (Fsp3) is 0.0833. The van der Waals surface area contributed by atoms with Gasteiger partial charge in [0, 0.05) is 16.2 Å². The molecule has 1 heterocycles. The minimum Gasteiger partial charge on any atom is -0.271 e. The van der Waals surface area contributed by atoms with Crippen LogP contribution in [0.25, 0.3) is 11.8 Å². The SMILES string of the molecule is O=S(=O)(/C=C/c1ccccc1)NCc1nnc(SCc2ccccc2)n1-c1cc(Cl)ccc1Cl. The summed E-state index contributed by atoms with van der Waals surface area (Å²) in [6, 6.07) is 24.2. The maximum absolute atomic E-state index is 12.6. The average Bonchev–Trinajstić information content (AvgIpc) is 3.26. The number of aromatic nitrogens is 3. The molecular weight excluding hydrogens is 511 g/mol. The van der Waals surface area contributed by atoms with E-state index in [1.165, 1.54) is 17.8 Å². The average molecular weight is 531 g/mol. The van der Waals surface area contributed by atoms with Crippen LogP contribution >= 0.6 is 35.0 Å². The fourth-order valence-corrected chi connectivity index (χ4v) is 5.13. The van der Waals surface area contributed by atoms with Crippen LogP contribution in [0.15, 0.2) is 89.4 Å². The van der Waals surface area contributed by atoms with Gasteiger partial charge in [0.1, 0.15) is 0 Å². The van der Waals surface area contributed by atoms with Crippen molar-refractivity contribution in [2.45, 2.75) is 17.5 Å². The lowest BCUT2D eigenvalue weighted by Gasteiger charge is -2.12. The summed E-state index contributed by atoms with van der Waals surface area (Å²) in [6.45, 7) is -0.0802. The Bertz CT molecular complexity index is 1390. The van der Waals surface area contributed by atoms with Crippen molar-refractivity contribution in [3.63, 3.8) is 0 Å². The summed E-state index contributed by atoms with van der Waals surface area (Å²) in [6.07, 6.45) is 1.53. The second-order valence-corrected chi connectivity index (χ2v) is 10.6. The van der Waals surface area contributed by atoms with Crippen LogP contribution in [0.4, 0.5) is 0 Å². The molecule has 10 heteroatoms. The molecule has 174 valence electrons. The van der Waals surface area contributed by atoms with E-state index < -0.39 is 10.0 Å². The molecule has 0 saturated carbocycles. The number of thioether (sulfide) groups is 1. The Morgan fingerprint density at radius 1 is 0.941 bits per heavy atom. The highest BCUT2D eigenvalue weighted by atomic mass is 35.5. The Hall–Kier alpha value is -2.62. The van der Waals surface area contributed by atoms with E-state index in [-0.39, 0.29) is 6.54 Å². The first-order valence-electron chi connectivity index (χ1n) is 10.2. The van der Waals surface area contributed by atoms with Crippen molar-refractivity contribution < 1.29 is 8.42 Å². The first-order chi connectivity index (χ1) is 16.4. The van der Waals surface area contributed by atoms with Gasteiger partial charge in [-0.3, -0.25) is 4.57 Å². The summed E-state index contributed by atoms with van der Waals surface area (Å²) in [7, 11) is -3.72. The summed E-state index contributed by atoms with van der Waals surface area (Å²) in [5.74, 6) is 1.04. The number of benzene rings is 3. The fourth-order valence-electron chi connectivity index (χ4n) is 3.08. The summed E-state index contributed by atoms with van der Waals surface area (Å²) < 4.78 is 29.4. The van der Waals surface area contributed by atoms with Crippen molar-refractivity contribution in [1.82, 2.24) is 19.5 Å². The number of nitrogens with one attached hydrogen (secondary N) is 1. The molecule has 0 aliphatic rings. The van der Waals surface area contributed by atoms with Crippen molar-refractivity contribution >= 4 is 51.1 Å². The highest BCUT2D eigenvalue weighted by molar-refractivity contribution is 7.98. The van der Waals surface area contributed by atoms with Gasteiger partial charge in [0.25, 0.3) is 0 Å². The van der Waals surface area contributed by atoms with Gasteiger partial charge in [-0.25, -0.2) is 13.1 Å². The molecule has 0 spiro atoms. The lowest BCUT2D eigenvalue weighted by atomic mass is 10.2. The van der Waals surface area contributed by atoms with Gasteiger partial charge in [-0.05, 0) is 35.4 Å². The van der Waals surface area contributed by atoms with Crippen LogP contribution in [0, 0.1) is 0 Å². The van der Waals surface area contributed by atoms with Gasteiger partial charge in [0.15, 0.2) is 11.0 Å². The molecule has 0 unspecified atom stereocenters. The second-order valence-electron chi connectivity index (χ2n) is 7.18. The van der Waals surface area contributed by atoms with E-state index in [0.29, 0.717) is 32.5 Å². The molecule has 0 fully saturated rings. The largest absolute Gasteiger partial charge is 0.271 e. The third-order valence-electron chi connectivity index (χ3n) is 4.73. The van der Waals surface area contributed by atoms with Crippen LogP contribution in [0.5, 0.6) is 0 Å². The Labute approximate surface area is 212 Å². The monoisotopic (exact) mass is 530 g/mol. The lowest BCUT2D eigenvalue weighted by Crippen LogP contribution is -2.23. The van der Waals surface area contributed by atoms with Crippen molar-refractivity contribution in [2.24, 2.45) is 0 Å². The van der Waals surface area contributed by atoms with E-state index in [9.17, 15) is 8.42 Å². The van der Waals surface area contributed by atoms with Crippen LogP contribution < -0.4 is 4.72 Å². The van der Waals surface area contributed by atoms with Gasteiger partial charge >= 0.3 is 0 Å². The quantitative estimate of drug-likeness (QED) is 0.270. The van der Waals surface area contributed by atoms with Crippen LogP contribution in [-0.4, -0.2) is 23.2 Å². The number of halogens is 2. The summed E-state index contributed by atoms with van der Waals surface area (Å²) in [5.41, 5.74) is 2.47. The maximum Gasteiger partial charge on any atom is 0.234 e. The molecule has 6 nitrogen and oxygen atoms in total. The third kappa shape index (κ3) is 6.49. The van der Waals surface area contributed by atoms with Crippen molar-refractivity contribution in [2.75, 3.05) is 0 Å². The molecular formula is C24H20Cl2N4O2S2. The van der Waals surface area contributed by atoms with Crippen LogP contribution in [0.1, 0.15) is 17.0 Å². The minimum atomic E-state index is -3.72. The number of sulfonamides is 1.